The molecule has 2 aromatic carbocycles. The van der Waals surface area contributed by atoms with Crippen molar-refractivity contribution in [3.8, 4) is 0 Å². The van der Waals surface area contributed by atoms with Crippen molar-refractivity contribution in [1.82, 2.24) is 5.43 Å². The molecule has 21 heavy (non-hydrogen) atoms. The highest BCUT2D eigenvalue weighted by Crippen LogP contribution is 2.15. The minimum Gasteiger partial charge on any atom is -0.267 e. The van der Waals surface area contributed by atoms with Gasteiger partial charge in [0.25, 0.3) is 5.91 Å². The lowest BCUT2D eigenvalue weighted by molar-refractivity contribution is 0.0954. The third-order valence-corrected chi connectivity index (χ3v) is 3.46. The summed E-state index contributed by atoms with van der Waals surface area (Å²) in [6.45, 7) is 1.52. The van der Waals surface area contributed by atoms with Gasteiger partial charge in [-0.1, -0.05) is 12.1 Å². The van der Waals surface area contributed by atoms with Crippen molar-refractivity contribution in [3.05, 3.63) is 69.7 Å². The minimum atomic E-state index is -0.730. The highest BCUT2D eigenvalue weighted by atomic mass is 79.9. The molecule has 3 nitrogen and oxygen atoms in total. The van der Waals surface area contributed by atoms with Crippen LogP contribution in [-0.4, -0.2) is 11.6 Å². The Labute approximate surface area is 128 Å². The lowest BCUT2D eigenvalue weighted by atomic mass is 10.1. The van der Waals surface area contributed by atoms with E-state index in [9.17, 15) is 13.6 Å². The third kappa shape index (κ3) is 3.72. The standard InChI is InChI=1S/C15H11BrF2N2O/c1-9(11-7-6-10(17)8-14(11)18)19-20-15(21)12-4-2-3-5-13(12)16/h2-8H,1H3,(H,20,21)/b19-9-. The number of nitrogens with one attached hydrogen (secondary N) is 1. The maximum absolute atomic E-state index is 13.6. The van der Waals surface area contributed by atoms with Gasteiger partial charge < -0.3 is 0 Å². The zero-order valence-electron chi connectivity index (χ0n) is 11.0. The van der Waals surface area contributed by atoms with Gasteiger partial charge in [0.1, 0.15) is 11.6 Å². The van der Waals surface area contributed by atoms with Crippen LogP contribution in [0, 0.1) is 11.6 Å². The van der Waals surface area contributed by atoms with E-state index in [1.54, 1.807) is 24.3 Å². The lowest BCUT2D eigenvalue weighted by Gasteiger charge is -2.05. The number of rotatable bonds is 3. The van der Waals surface area contributed by atoms with Gasteiger partial charge in [0.2, 0.25) is 0 Å². The maximum atomic E-state index is 13.6. The second-order valence-corrected chi connectivity index (χ2v) is 5.10. The monoisotopic (exact) mass is 352 g/mol. The van der Waals surface area contributed by atoms with Gasteiger partial charge in [-0.15, -0.1) is 0 Å². The summed E-state index contributed by atoms with van der Waals surface area (Å²) in [5.74, 6) is -1.82. The molecular formula is C15H11BrF2N2O. The van der Waals surface area contributed by atoms with E-state index in [-0.39, 0.29) is 11.3 Å². The summed E-state index contributed by atoms with van der Waals surface area (Å²) in [5, 5.41) is 3.84. The summed E-state index contributed by atoms with van der Waals surface area (Å²) < 4.78 is 27.0. The first-order chi connectivity index (χ1) is 9.99. The van der Waals surface area contributed by atoms with Crippen molar-refractivity contribution >= 4 is 27.5 Å². The molecule has 0 fully saturated rings. The molecule has 1 amide bonds. The summed E-state index contributed by atoms with van der Waals surface area (Å²) in [7, 11) is 0. The molecule has 0 unspecified atom stereocenters. The highest BCUT2D eigenvalue weighted by Gasteiger charge is 2.10. The minimum absolute atomic E-state index is 0.129. The number of carbonyl (C=O) groups is 1. The zero-order chi connectivity index (χ0) is 15.4. The van der Waals surface area contributed by atoms with Crippen LogP contribution < -0.4 is 5.43 Å². The molecule has 0 spiro atoms. The van der Waals surface area contributed by atoms with Crippen LogP contribution >= 0.6 is 15.9 Å². The molecule has 0 saturated heterocycles. The Morgan fingerprint density at radius 1 is 1.14 bits per heavy atom. The second-order valence-electron chi connectivity index (χ2n) is 4.24. The Bertz CT molecular complexity index is 717. The largest absolute Gasteiger partial charge is 0.272 e. The van der Waals surface area contributed by atoms with Crippen LogP contribution in [-0.2, 0) is 0 Å². The Morgan fingerprint density at radius 2 is 1.86 bits per heavy atom. The summed E-state index contributed by atoms with van der Waals surface area (Å²) >= 11 is 3.26. The molecule has 0 atom stereocenters. The molecule has 2 rings (SSSR count). The van der Waals surface area contributed by atoms with Crippen molar-refractivity contribution in [2.45, 2.75) is 6.92 Å². The first-order valence-electron chi connectivity index (χ1n) is 6.03. The van der Waals surface area contributed by atoms with Gasteiger partial charge in [-0.25, -0.2) is 14.2 Å². The van der Waals surface area contributed by atoms with Crippen LogP contribution in [0.3, 0.4) is 0 Å². The fourth-order valence-electron chi connectivity index (χ4n) is 1.68. The van der Waals surface area contributed by atoms with E-state index in [0.717, 1.165) is 12.1 Å². The fraction of sp³-hybridized carbons (Fsp3) is 0.0667. The molecule has 2 aromatic rings. The molecule has 0 radical (unpaired) electrons. The number of halogens is 3. The van der Waals surface area contributed by atoms with E-state index in [1.165, 1.54) is 13.0 Å². The van der Waals surface area contributed by atoms with Crippen LogP contribution in [0.1, 0.15) is 22.8 Å². The van der Waals surface area contributed by atoms with Gasteiger partial charge in [-0.2, -0.15) is 5.10 Å². The molecule has 1 N–H and O–H groups in total. The smallest absolute Gasteiger partial charge is 0.267 e. The number of carbonyl (C=O) groups excluding carboxylic acids is 1. The lowest BCUT2D eigenvalue weighted by Crippen LogP contribution is -2.20. The fourth-order valence-corrected chi connectivity index (χ4v) is 2.15. The van der Waals surface area contributed by atoms with Crippen LogP contribution in [0.25, 0.3) is 0 Å². The Hall–Kier alpha value is -2.08. The van der Waals surface area contributed by atoms with Crippen molar-refractivity contribution in [2.75, 3.05) is 0 Å². The third-order valence-electron chi connectivity index (χ3n) is 2.76. The summed E-state index contributed by atoms with van der Waals surface area (Å²) in [5.41, 5.74) is 3.12. The molecule has 0 aliphatic heterocycles. The molecule has 0 aromatic heterocycles. The van der Waals surface area contributed by atoms with E-state index in [4.69, 9.17) is 0 Å². The Balaban J connectivity index is 2.17. The molecule has 0 aliphatic carbocycles. The first-order valence-corrected chi connectivity index (χ1v) is 6.83. The van der Waals surface area contributed by atoms with E-state index in [1.807, 2.05) is 0 Å². The van der Waals surface area contributed by atoms with Gasteiger partial charge in [0.15, 0.2) is 0 Å². The summed E-state index contributed by atoms with van der Waals surface area (Å²) in [6.07, 6.45) is 0. The van der Waals surface area contributed by atoms with Crippen molar-refractivity contribution in [3.63, 3.8) is 0 Å². The van der Waals surface area contributed by atoms with E-state index in [0.29, 0.717) is 10.0 Å². The number of amides is 1. The van der Waals surface area contributed by atoms with Crippen LogP contribution in [0.4, 0.5) is 8.78 Å². The topological polar surface area (TPSA) is 41.5 Å². The Kier molecular flexibility index (Phi) is 4.80. The van der Waals surface area contributed by atoms with E-state index >= 15 is 0 Å². The summed E-state index contributed by atoms with van der Waals surface area (Å²) in [6, 6.07) is 10.0. The number of hydrogen-bond donors (Lipinski definition) is 1. The molecule has 108 valence electrons. The normalized spacial score (nSPS) is 11.3. The molecule has 6 heteroatoms. The van der Waals surface area contributed by atoms with Gasteiger partial charge in [0, 0.05) is 16.1 Å². The molecule has 0 saturated carbocycles. The van der Waals surface area contributed by atoms with Crippen molar-refractivity contribution in [2.24, 2.45) is 5.10 Å². The average molecular weight is 353 g/mol. The van der Waals surface area contributed by atoms with Gasteiger partial charge in [-0.05, 0) is 47.1 Å². The van der Waals surface area contributed by atoms with E-state index in [2.05, 4.69) is 26.5 Å². The van der Waals surface area contributed by atoms with Crippen LogP contribution in [0.2, 0.25) is 0 Å². The Morgan fingerprint density at radius 3 is 2.52 bits per heavy atom. The van der Waals surface area contributed by atoms with Crippen molar-refractivity contribution in [1.29, 1.82) is 0 Å². The van der Waals surface area contributed by atoms with Crippen LogP contribution in [0.5, 0.6) is 0 Å². The van der Waals surface area contributed by atoms with Crippen LogP contribution in [0.15, 0.2) is 52.0 Å². The number of hydrazone groups is 1. The molecule has 0 bridgehead atoms. The van der Waals surface area contributed by atoms with Crippen molar-refractivity contribution < 1.29 is 13.6 Å². The van der Waals surface area contributed by atoms with Gasteiger partial charge in [0.05, 0.1) is 11.3 Å². The summed E-state index contributed by atoms with van der Waals surface area (Å²) in [4.78, 5) is 11.9. The SMILES string of the molecule is C/C(=N/NC(=O)c1ccccc1Br)c1ccc(F)cc1F. The molecule has 0 heterocycles. The molecule has 0 aliphatic rings. The maximum Gasteiger partial charge on any atom is 0.272 e. The number of hydrogen-bond acceptors (Lipinski definition) is 2. The predicted octanol–water partition coefficient (Wildman–Crippen LogP) is 3.88. The predicted molar refractivity (Wildman–Crippen MR) is 80.2 cm³/mol. The number of benzene rings is 2. The zero-order valence-corrected chi connectivity index (χ0v) is 12.6. The van der Waals surface area contributed by atoms with Gasteiger partial charge >= 0.3 is 0 Å². The van der Waals surface area contributed by atoms with Gasteiger partial charge in [-0.3, -0.25) is 4.79 Å². The second kappa shape index (κ2) is 6.58. The molecular weight excluding hydrogens is 342 g/mol. The number of nitrogens with zero attached hydrogens (tertiary/aromatic N) is 1. The highest BCUT2D eigenvalue weighted by molar-refractivity contribution is 9.10. The quantitative estimate of drug-likeness (QED) is 0.660. The first kappa shape index (κ1) is 15.3. The van der Waals surface area contributed by atoms with E-state index < -0.39 is 17.5 Å². The average Bonchev–Trinajstić information content (AvgIpc) is 2.45.